The summed E-state index contributed by atoms with van der Waals surface area (Å²) < 4.78 is 17.2. The average Bonchev–Trinajstić information content (AvgIpc) is 3.20. The predicted molar refractivity (Wildman–Crippen MR) is 172 cm³/mol. The fourth-order valence-electron chi connectivity index (χ4n) is 5.19. The Hall–Kier alpha value is -4.70. The molecule has 0 bridgehead atoms. The van der Waals surface area contributed by atoms with Crippen molar-refractivity contribution in [3.05, 3.63) is 87.8 Å². The van der Waals surface area contributed by atoms with Crippen molar-refractivity contribution in [2.45, 2.75) is 52.6 Å². The van der Waals surface area contributed by atoms with Crippen molar-refractivity contribution < 1.29 is 28.6 Å². The Morgan fingerprint density at radius 1 is 0.886 bits per heavy atom. The lowest BCUT2D eigenvalue weighted by Gasteiger charge is -2.13. The van der Waals surface area contributed by atoms with Gasteiger partial charge < -0.3 is 19.5 Å². The molecule has 0 saturated heterocycles. The monoisotopic (exact) mass is 613 g/mol. The van der Waals surface area contributed by atoms with Gasteiger partial charge in [-0.25, -0.2) is 10.2 Å². The van der Waals surface area contributed by atoms with E-state index < -0.39 is 17.8 Å². The fraction of sp³-hybridized carbons (Fsp3) is 0.294. The van der Waals surface area contributed by atoms with Crippen LogP contribution < -0.4 is 20.2 Å². The van der Waals surface area contributed by atoms with Crippen LogP contribution in [0.1, 0.15) is 65.0 Å². The summed E-state index contributed by atoms with van der Waals surface area (Å²) in [5, 5.41) is 9.17. The molecule has 0 spiro atoms. The second-order valence-electron chi connectivity index (χ2n) is 10.2. The van der Waals surface area contributed by atoms with E-state index in [1.54, 1.807) is 25.1 Å². The molecule has 2 N–H and O–H groups in total. The van der Waals surface area contributed by atoms with Gasteiger partial charge in [0.25, 0.3) is 0 Å². The van der Waals surface area contributed by atoms with Crippen molar-refractivity contribution in [2.75, 3.05) is 18.5 Å². The van der Waals surface area contributed by atoms with Crippen LogP contribution in [-0.2, 0) is 33.8 Å². The molecular weight excluding hydrogens is 578 g/mol. The molecule has 1 aliphatic rings. The van der Waals surface area contributed by atoms with Crippen LogP contribution in [0.25, 0.3) is 10.8 Å². The number of carbonyl (C=O) groups is 3. The maximum Gasteiger partial charge on any atom is 0.341 e. The lowest BCUT2D eigenvalue weighted by molar-refractivity contribution is -0.136. The van der Waals surface area contributed by atoms with E-state index >= 15 is 0 Å². The SMILES string of the molecule is CCOC(=O)c1c(NC(=O)C(=O)N/N=C/c2ccc(OCc3cccc4ccccc34)c(OCC)c2)sc2c1CCCCC2. The summed E-state index contributed by atoms with van der Waals surface area (Å²) in [7, 11) is 0. The number of carbonyl (C=O) groups excluding carboxylic acids is 3. The number of esters is 1. The number of amides is 2. The molecular formula is C34H35N3O6S. The maximum absolute atomic E-state index is 12.7. The van der Waals surface area contributed by atoms with E-state index in [2.05, 4.69) is 34.0 Å². The van der Waals surface area contributed by atoms with E-state index in [4.69, 9.17) is 14.2 Å². The number of ether oxygens (including phenoxy) is 3. The lowest BCUT2D eigenvalue weighted by atomic mass is 10.1. The van der Waals surface area contributed by atoms with Crippen LogP contribution in [0, 0.1) is 0 Å². The number of anilines is 1. The highest BCUT2D eigenvalue weighted by Crippen LogP contribution is 2.38. The summed E-state index contributed by atoms with van der Waals surface area (Å²) in [6.07, 6.45) is 6.04. The van der Waals surface area contributed by atoms with Crippen LogP contribution in [0.3, 0.4) is 0 Å². The third-order valence-electron chi connectivity index (χ3n) is 7.24. The van der Waals surface area contributed by atoms with Gasteiger partial charge in [0.05, 0.1) is 25.0 Å². The molecule has 1 aromatic heterocycles. The predicted octanol–water partition coefficient (Wildman–Crippen LogP) is 6.41. The van der Waals surface area contributed by atoms with Gasteiger partial charge in [-0.05, 0) is 85.2 Å². The van der Waals surface area contributed by atoms with Gasteiger partial charge in [-0.15, -0.1) is 11.3 Å². The van der Waals surface area contributed by atoms with Crippen LogP contribution in [0.2, 0.25) is 0 Å². The number of thiophene rings is 1. The highest BCUT2D eigenvalue weighted by atomic mass is 32.1. The average molecular weight is 614 g/mol. The number of hydrogen-bond acceptors (Lipinski definition) is 8. The van der Waals surface area contributed by atoms with Crippen LogP contribution in [0.5, 0.6) is 11.5 Å². The first kappa shape index (κ1) is 30.7. The molecule has 1 aliphatic carbocycles. The van der Waals surface area contributed by atoms with E-state index in [-0.39, 0.29) is 6.61 Å². The molecule has 0 atom stereocenters. The van der Waals surface area contributed by atoms with Crippen molar-refractivity contribution in [1.29, 1.82) is 0 Å². The third kappa shape index (κ3) is 7.26. The molecule has 0 aliphatic heterocycles. The van der Waals surface area contributed by atoms with E-state index in [0.29, 0.717) is 40.8 Å². The Labute approximate surface area is 260 Å². The van der Waals surface area contributed by atoms with Gasteiger partial charge in [-0.1, -0.05) is 48.9 Å². The number of nitrogens with one attached hydrogen (secondary N) is 2. The zero-order valence-corrected chi connectivity index (χ0v) is 25.6. The van der Waals surface area contributed by atoms with E-state index in [9.17, 15) is 14.4 Å². The quantitative estimate of drug-likeness (QED) is 0.0702. The Morgan fingerprint density at radius 3 is 2.55 bits per heavy atom. The molecule has 5 rings (SSSR count). The normalized spacial score (nSPS) is 12.8. The molecule has 1 heterocycles. The van der Waals surface area contributed by atoms with Gasteiger partial charge in [0, 0.05) is 4.88 Å². The maximum atomic E-state index is 12.7. The first-order valence-corrected chi connectivity index (χ1v) is 15.6. The second-order valence-corrected chi connectivity index (χ2v) is 11.3. The van der Waals surface area contributed by atoms with Gasteiger partial charge in [-0.3, -0.25) is 9.59 Å². The minimum Gasteiger partial charge on any atom is -0.490 e. The van der Waals surface area contributed by atoms with Crippen molar-refractivity contribution in [1.82, 2.24) is 5.43 Å². The molecule has 9 nitrogen and oxygen atoms in total. The van der Waals surface area contributed by atoms with E-state index in [1.807, 2.05) is 31.2 Å². The Bertz CT molecular complexity index is 1690. The minimum absolute atomic E-state index is 0.217. The highest BCUT2D eigenvalue weighted by molar-refractivity contribution is 7.17. The van der Waals surface area contributed by atoms with Gasteiger partial charge >= 0.3 is 17.8 Å². The number of nitrogens with zero attached hydrogens (tertiary/aromatic N) is 1. The number of fused-ring (bicyclic) bond motifs is 2. The summed E-state index contributed by atoms with van der Waals surface area (Å²) in [4.78, 5) is 39.1. The van der Waals surface area contributed by atoms with E-state index in [1.165, 1.54) is 17.6 Å². The Morgan fingerprint density at radius 2 is 1.70 bits per heavy atom. The number of hydrogen-bond donors (Lipinski definition) is 2. The van der Waals surface area contributed by atoms with Gasteiger partial charge in [0.2, 0.25) is 0 Å². The zero-order chi connectivity index (χ0) is 30.9. The first-order valence-electron chi connectivity index (χ1n) is 14.8. The summed E-state index contributed by atoms with van der Waals surface area (Å²) in [5.74, 6) is -1.26. The Balaban J connectivity index is 1.23. The lowest BCUT2D eigenvalue weighted by Crippen LogP contribution is -2.32. The van der Waals surface area contributed by atoms with Crippen molar-refractivity contribution in [3.63, 3.8) is 0 Å². The highest BCUT2D eigenvalue weighted by Gasteiger charge is 2.28. The smallest absolute Gasteiger partial charge is 0.341 e. The number of rotatable bonds is 10. The summed E-state index contributed by atoms with van der Waals surface area (Å²) in [6, 6.07) is 19.6. The zero-order valence-electron chi connectivity index (χ0n) is 24.8. The van der Waals surface area contributed by atoms with Crippen LogP contribution in [-0.4, -0.2) is 37.2 Å². The third-order valence-corrected chi connectivity index (χ3v) is 8.45. The molecule has 44 heavy (non-hydrogen) atoms. The van der Waals surface area contributed by atoms with Crippen molar-refractivity contribution in [2.24, 2.45) is 5.10 Å². The topological polar surface area (TPSA) is 115 Å². The molecule has 228 valence electrons. The van der Waals surface area contributed by atoms with Crippen LogP contribution >= 0.6 is 11.3 Å². The van der Waals surface area contributed by atoms with Gasteiger partial charge in [0.15, 0.2) is 11.5 Å². The van der Waals surface area contributed by atoms with Crippen LogP contribution in [0.4, 0.5) is 5.00 Å². The molecule has 0 radical (unpaired) electrons. The molecule has 0 saturated carbocycles. The summed E-state index contributed by atoms with van der Waals surface area (Å²) in [6.45, 7) is 4.63. The molecule has 0 unspecified atom stereocenters. The molecule has 0 fully saturated rings. The van der Waals surface area contributed by atoms with Crippen molar-refractivity contribution >= 4 is 51.1 Å². The second kappa shape index (κ2) is 14.7. The molecule has 2 amide bonds. The number of aryl methyl sites for hydroxylation is 1. The number of benzene rings is 3. The minimum atomic E-state index is -0.959. The molecule has 10 heteroatoms. The standard InChI is InChI=1S/C34H35N3O6S/c1-3-41-28-19-22(17-18-27(28)43-21-24-13-10-12-23-11-8-9-14-25(23)24)20-35-37-32(39)31(38)36-33-30(34(40)42-4-2)26-15-6-5-7-16-29(26)44-33/h8-14,17-20H,3-7,15-16,21H2,1-2H3,(H,36,38)(H,37,39)/b35-20+. The Kier molecular flexibility index (Phi) is 10.2. The van der Waals surface area contributed by atoms with Gasteiger partial charge in [-0.2, -0.15) is 5.10 Å². The fourth-order valence-corrected chi connectivity index (χ4v) is 6.46. The largest absolute Gasteiger partial charge is 0.490 e. The van der Waals surface area contributed by atoms with Crippen molar-refractivity contribution in [3.8, 4) is 11.5 Å². The van der Waals surface area contributed by atoms with Crippen LogP contribution in [0.15, 0.2) is 65.8 Å². The summed E-state index contributed by atoms with van der Waals surface area (Å²) in [5.41, 5.74) is 5.22. The molecule has 4 aromatic rings. The van der Waals surface area contributed by atoms with Gasteiger partial charge in [0.1, 0.15) is 11.6 Å². The molecule has 3 aromatic carbocycles. The first-order chi connectivity index (χ1) is 21.5. The van der Waals surface area contributed by atoms with E-state index in [0.717, 1.165) is 58.9 Å². The summed E-state index contributed by atoms with van der Waals surface area (Å²) >= 11 is 1.33. The number of hydrazone groups is 1.